The van der Waals surface area contributed by atoms with Crippen molar-refractivity contribution in [3.8, 4) is 0 Å². The Labute approximate surface area is 98.1 Å². The Morgan fingerprint density at radius 3 is 2.81 bits per heavy atom. The third kappa shape index (κ3) is 5.47. The van der Waals surface area contributed by atoms with Gasteiger partial charge in [0.2, 0.25) is 5.91 Å². The van der Waals surface area contributed by atoms with Gasteiger partial charge >= 0.3 is 0 Å². The van der Waals surface area contributed by atoms with E-state index in [-0.39, 0.29) is 18.1 Å². The third-order valence-electron chi connectivity index (χ3n) is 2.65. The van der Waals surface area contributed by atoms with Crippen molar-refractivity contribution in [2.24, 2.45) is 5.92 Å². The van der Waals surface area contributed by atoms with Crippen LogP contribution in [0.3, 0.4) is 0 Å². The molecule has 94 valence electrons. The van der Waals surface area contributed by atoms with Crippen LogP contribution in [0.1, 0.15) is 33.6 Å². The zero-order chi connectivity index (χ0) is 12.0. The fraction of sp³-hybridized carbons (Fsp3) is 0.917. The highest BCUT2D eigenvalue weighted by Crippen LogP contribution is 2.05. The molecule has 0 saturated carbocycles. The molecule has 2 atom stereocenters. The fourth-order valence-corrected chi connectivity index (χ4v) is 2.06. The van der Waals surface area contributed by atoms with Crippen LogP contribution >= 0.6 is 0 Å². The Kier molecular flexibility index (Phi) is 5.77. The Balaban J connectivity index is 2.18. The Morgan fingerprint density at radius 2 is 2.25 bits per heavy atom. The summed E-state index contributed by atoms with van der Waals surface area (Å²) in [6.45, 7) is 8.76. The van der Waals surface area contributed by atoms with Crippen molar-refractivity contribution in [1.29, 1.82) is 0 Å². The van der Waals surface area contributed by atoms with Crippen molar-refractivity contribution in [2.75, 3.05) is 19.7 Å². The molecule has 4 heteroatoms. The number of morpholine rings is 1. The number of carbonyl (C=O) groups is 1. The molecule has 1 amide bonds. The highest BCUT2D eigenvalue weighted by Gasteiger charge is 2.18. The highest BCUT2D eigenvalue weighted by molar-refractivity contribution is 5.76. The highest BCUT2D eigenvalue weighted by atomic mass is 16.5. The molecule has 0 spiro atoms. The van der Waals surface area contributed by atoms with E-state index in [0.29, 0.717) is 18.9 Å². The van der Waals surface area contributed by atoms with Crippen LogP contribution in [0.4, 0.5) is 0 Å². The Hall–Kier alpha value is -0.610. The van der Waals surface area contributed by atoms with Crippen LogP contribution in [0.5, 0.6) is 0 Å². The maximum atomic E-state index is 11.7. The lowest BCUT2D eigenvalue weighted by Gasteiger charge is -2.24. The number of rotatable bonds is 5. The van der Waals surface area contributed by atoms with Crippen molar-refractivity contribution in [3.63, 3.8) is 0 Å². The molecule has 4 nitrogen and oxygen atoms in total. The Morgan fingerprint density at radius 1 is 1.50 bits per heavy atom. The molecule has 1 aliphatic rings. The van der Waals surface area contributed by atoms with Gasteiger partial charge in [0, 0.05) is 19.1 Å². The molecule has 1 saturated heterocycles. The Bertz CT molecular complexity index is 213. The topological polar surface area (TPSA) is 50.4 Å². The predicted molar refractivity (Wildman–Crippen MR) is 64.3 cm³/mol. The van der Waals surface area contributed by atoms with Gasteiger partial charge in [0.25, 0.3) is 0 Å². The van der Waals surface area contributed by atoms with Crippen LogP contribution in [0.25, 0.3) is 0 Å². The molecule has 0 aromatic heterocycles. The zero-order valence-corrected chi connectivity index (χ0v) is 10.6. The quantitative estimate of drug-likeness (QED) is 0.735. The zero-order valence-electron chi connectivity index (χ0n) is 10.6. The fourth-order valence-electron chi connectivity index (χ4n) is 2.06. The average molecular weight is 228 g/mol. The molecule has 2 unspecified atom stereocenters. The average Bonchev–Trinajstić information content (AvgIpc) is 2.17. The summed E-state index contributed by atoms with van der Waals surface area (Å²) in [6, 6.07) is 0.254. The van der Waals surface area contributed by atoms with Gasteiger partial charge in [-0.15, -0.1) is 0 Å². The molecule has 0 aromatic carbocycles. The first-order valence-corrected chi connectivity index (χ1v) is 6.19. The summed E-state index contributed by atoms with van der Waals surface area (Å²) in [6.07, 6.45) is 1.53. The monoisotopic (exact) mass is 228 g/mol. The number of hydrogen-bond acceptors (Lipinski definition) is 3. The van der Waals surface area contributed by atoms with E-state index in [9.17, 15) is 4.79 Å². The van der Waals surface area contributed by atoms with Crippen LogP contribution in [-0.2, 0) is 9.53 Å². The van der Waals surface area contributed by atoms with Gasteiger partial charge in [-0.2, -0.15) is 0 Å². The van der Waals surface area contributed by atoms with Crippen molar-refractivity contribution in [3.05, 3.63) is 0 Å². The summed E-state index contributed by atoms with van der Waals surface area (Å²) in [5.41, 5.74) is 0. The number of ether oxygens (including phenoxy) is 1. The SMILES string of the molecule is CC(C)CC(C)NC(=O)CC1CNCCO1. The molecule has 0 bridgehead atoms. The minimum absolute atomic E-state index is 0.0417. The normalized spacial score (nSPS) is 23.1. The molecular formula is C12H24N2O2. The number of hydrogen-bond donors (Lipinski definition) is 2. The maximum Gasteiger partial charge on any atom is 0.222 e. The summed E-state index contributed by atoms with van der Waals surface area (Å²) in [5.74, 6) is 0.713. The summed E-state index contributed by atoms with van der Waals surface area (Å²) >= 11 is 0. The summed E-state index contributed by atoms with van der Waals surface area (Å²) < 4.78 is 5.49. The summed E-state index contributed by atoms with van der Waals surface area (Å²) in [5, 5.41) is 6.23. The number of amides is 1. The smallest absolute Gasteiger partial charge is 0.222 e. The molecule has 16 heavy (non-hydrogen) atoms. The molecule has 1 aliphatic heterocycles. The van der Waals surface area contributed by atoms with E-state index < -0.39 is 0 Å². The third-order valence-corrected chi connectivity index (χ3v) is 2.65. The maximum absolute atomic E-state index is 11.7. The van der Waals surface area contributed by atoms with E-state index >= 15 is 0 Å². The van der Waals surface area contributed by atoms with Gasteiger partial charge in [-0.25, -0.2) is 0 Å². The van der Waals surface area contributed by atoms with Gasteiger partial charge in [0.15, 0.2) is 0 Å². The van der Waals surface area contributed by atoms with E-state index in [2.05, 4.69) is 31.4 Å². The molecule has 1 fully saturated rings. The number of carbonyl (C=O) groups excluding carboxylic acids is 1. The van der Waals surface area contributed by atoms with Gasteiger partial charge in [0.1, 0.15) is 0 Å². The van der Waals surface area contributed by atoms with Crippen LogP contribution in [0.15, 0.2) is 0 Å². The van der Waals surface area contributed by atoms with Gasteiger partial charge in [0.05, 0.1) is 19.1 Å². The lowest BCUT2D eigenvalue weighted by molar-refractivity contribution is -0.125. The first kappa shape index (κ1) is 13.5. The molecule has 1 heterocycles. The lowest BCUT2D eigenvalue weighted by atomic mass is 10.1. The van der Waals surface area contributed by atoms with E-state index in [1.165, 1.54) is 0 Å². The van der Waals surface area contributed by atoms with Crippen molar-refractivity contribution in [2.45, 2.75) is 45.8 Å². The van der Waals surface area contributed by atoms with Crippen LogP contribution in [0, 0.1) is 5.92 Å². The predicted octanol–water partition coefficient (Wildman–Crippen LogP) is 0.916. The van der Waals surface area contributed by atoms with Gasteiger partial charge < -0.3 is 15.4 Å². The van der Waals surface area contributed by atoms with E-state index in [1.54, 1.807) is 0 Å². The van der Waals surface area contributed by atoms with Gasteiger partial charge in [-0.1, -0.05) is 13.8 Å². The van der Waals surface area contributed by atoms with Crippen molar-refractivity contribution in [1.82, 2.24) is 10.6 Å². The molecular weight excluding hydrogens is 204 g/mol. The van der Waals surface area contributed by atoms with E-state index in [4.69, 9.17) is 4.74 Å². The number of nitrogens with one attached hydrogen (secondary N) is 2. The first-order chi connectivity index (χ1) is 7.58. The van der Waals surface area contributed by atoms with E-state index in [1.807, 2.05) is 0 Å². The molecule has 2 N–H and O–H groups in total. The summed E-state index contributed by atoms with van der Waals surface area (Å²) in [7, 11) is 0. The standard InChI is InChI=1S/C12H24N2O2/c1-9(2)6-10(3)14-12(15)7-11-8-13-4-5-16-11/h9-11,13H,4-8H2,1-3H3,(H,14,15). The first-order valence-electron chi connectivity index (χ1n) is 6.19. The second-order valence-electron chi connectivity index (χ2n) is 5.00. The van der Waals surface area contributed by atoms with Gasteiger partial charge in [-0.3, -0.25) is 4.79 Å². The second kappa shape index (κ2) is 6.86. The van der Waals surface area contributed by atoms with Crippen molar-refractivity contribution < 1.29 is 9.53 Å². The van der Waals surface area contributed by atoms with Crippen LogP contribution in [-0.4, -0.2) is 37.7 Å². The minimum atomic E-state index is 0.0417. The summed E-state index contributed by atoms with van der Waals surface area (Å²) in [4.78, 5) is 11.7. The van der Waals surface area contributed by atoms with E-state index in [0.717, 1.165) is 19.5 Å². The van der Waals surface area contributed by atoms with Crippen molar-refractivity contribution >= 4 is 5.91 Å². The lowest BCUT2D eigenvalue weighted by Crippen LogP contribution is -2.43. The minimum Gasteiger partial charge on any atom is -0.375 e. The second-order valence-corrected chi connectivity index (χ2v) is 5.00. The van der Waals surface area contributed by atoms with Crippen LogP contribution in [0.2, 0.25) is 0 Å². The van der Waals surface area contributed by atoms with Gasteiger partial charge in [-0.05, 0) is 19.3 Å². The largest absolute Gasteiger partial charge is 0.375 e. The molecule has 0 aromatic rings. The molecule has 0 aliphatic carbocycles. The van der Waals surface area contributed by atoms with Crippen LogP contribution < -0.4 is 10.6 Å². The molecule has 0 radical (unpaired) electrons. The molecule has 1 rings (SSSR count).